The molecule has 0 aromatic carbocycles. The Labute approximate surface area is 155 Å². The van der Waals surface area contributed by atoms with Gasteiger partial charge >= 0.3 is 0 Å². The molecule has 25 heavy (non-hydrogen) atoms. The largest absolute Gasteiger partial charge is 0.371 e. The molecule has 0 heterocycles. The van der Waals surface area contributed by atoms with Gasteiger partial charge in [0.05, 0.1) is 5.57 Å². The Kier molecular flexibility index (Phi) is 12.6. The van der Waals surface area contributed by atoms with Crippen molar-refractivity contribution in [2.45, 2.75) is 60.8 Å². The molecule has 0 aliphatic carbocycles. The number of hydrogen-bond acceptors (Lipinski definition) is 2. The van der Waals surface area contributed by atoms with Gasteiger partial charge in [0.2, 0.25) is 0 Å². The summed E-state index contributed by atoms with van der Waals surface area (Å²) in [4.78, 5) is 14.9. The highest BCUT2D eigenvalue weighted by molar-refractivity contribution is 5.97. The number of nitrogens with zero attached hydrogens (tertiary/aromatic N) is 1. The maximum Gasteiger partial charge on any atom is 0.253 e. The van der Waals surface area contributed by atoms with Crippen LogP contribution >= 0.6 is 0 Å². The zero-order valence-corrected chi connectivity index (χ0v) is 17.2. The van der Waals surface area contributed by atoms with Gasteiger partial charge in [-0.2, -0.15) is 0 Å². The maximum absolute atomic E-state index is 12.6. The summed E-state index contributed by atoms with van der Waals surface area (Å²) in [6.45, 7) is 19.0. The van der Waals surface area contributed by atoms with Gasteiger partial charge < -0.3 is 10.2 Å². The van der Waals surface area contributed by atoms with Crippen LogP contribution in [0.2, 0.25) is 0 Å². The SMILES string of the molecule is C=C(C=CCC(C)C)CNC(=O)C(=CC)C(=CC)N(CC)CCCC. The van der Waals surface area contributed by atoms with Gasteiger partial charge in [0.1, 0.15) is 0 Å². The van der Waals surface area contributed by atoms with Crippen LogP contribution in [0.3, 0.4) is 0 Å². The highest BCUT2D eigenvalue weighted by atomic mass is 16.1. The van der Waals surface area contributed by atoms with E-state index in [2.05, 4.69) is 50.6 Å². The van der Waals surface area contributed by atoms with Crippen LogP contribution in [0.25, 0.3) is 0 Å². The lowest BCUT2D eigenvalue weighted by atomic mass is 10.1. The molecule has 0 unspecified atom stereocenters. The lowest BCUT2D eigenvalue weighted by molar-refractivity contribution is -0.117. The summed E-state index contributed by atoms with van der Waals surface area (Å²) in [5.74, 6) is 0.595. The Bertz CT molecular complexity index is 498. The summed E-state index contributed by atoms with van der Waals surface area (Å²) in [5, 5.41) is 3.00. The molecule has 0 fully saturated rings. The van der Waals surface area contributed by atoms with Crippen molar-refractivity contribution in [3.8, 4) is 0 Å². The molecule has 0 saturated heterocycles. The van der Waals surface area contributed by atoms with Gasteiger partial charge in [0.15, 0.2) is 0 Å². The maximum atomic E-state index is 12.6. The zero-order valence-electron chi connectivity index (χ0n) is 17.2. The molecule has 0 bridgehead atoms. The molecular formula is C22H38N2O. The molecule has 0 spiro atoms. The Hall–Kier alpha value is -1.77. The number of hydrogen-bond donors (Lipinski definition) is 1. The van der Waals surface area contributed by atoms with Gasteiger partial charge in [-0.1, -0.05) is 58.1 Å². The first kappa shape index (κ1) is 23.2. The minimum Gasteiger partial charge on any atom is -0.371 e. The fourth-order valence-corrected chi connectivity index (χ4v) is 2.56. The fraction of sp³-hybridized carbons (Fsp3) is 0.591. The second-order valence-corrected chi connectivity index (χ2v) is 6.68. The number of likely N-dealkylation sites (N-methyl/N-ethyl adjacent to an activating group) is 1. The van der Waals surface area contributed by atoms with E-state index in [1.165, 1.54) is 0 Å². The van der Waals surface area contributed by atoms with Crippen LogP contribution in [0, 0.1) is 5.92 Å². The molecule has 0 aliphatic heterocycles. The molecule has 0 aromatic rings. The number of allylic oxidation sites excluding steroid dienone is 3. The molecule has 1 amide bonds. The van der Waals surface area contributed by atoms with E-state index in [1.54, 1.807) is 0 Å². The zero-order chi connectivity index (χ0) is 19.2. The van der Waals surface area contributed by atoms with E-state index in [0.29, 0.717) is 12.5 Å². The van der Waals surface area contributed by atoms with E-state index in [1.807, 2.05) is 32.1 Å². The first-order valence-corrected chi connectivity index (χ1v) is 9.61. The number of carbonyl (C=O) groups is 1. The quantitative estimate of drug-likeness (QED) is 0.387. The van der Waals surface area contributed by atoms with Crippen LogP contribution in [0.5, 0.6) is 0 Å². The Morgan fingerprint density at radius 1 is 1.20 bits per heavy atom. The molecule has 1 N–H and O–H groups in total. The Morgan fingerprint density at radius 3 is 2.36 bits per heavy atom. The summed E-state index contributed by atoms with van der Waals surface area (Å²) in [6, 6.07) is 0. The van der Waals surface area contributed by atoms with Gasteiger partial charge in [-0.25, -0.2) is 0 Å². The van der Waals surface area contributed by atoms with Crippen molar-refractivity contribution in [2.24, 2.45) is 5.92 Å². The van der Waals surface area contributed by atoms with Crippen molar-refractivity contribution in [2.75, 3.05) is 19.6 Å². The predicted molar refractivity (Wildman–Crippen MR) is 110 cm³/mol. The van der Waals surface area contributed by atoms with Gasteiger partial charge in [-0.15, -0.1) is 0 Å². The first-order chi connectivity index (χ1) is 11.9. The molecule has 0 rings (SSSR count). The van der Waals surface area contributed by atoms with Gasteiger partial charge in [-0.05, 0) is 45.1 Å². The van der Waals surface area contributed by atoms with E-state index in [-0.39, 0.29) is 5.91 Å². The molecule has 142 valence electrons. The normalized spacial score (nSPS) is 12.8. The van der Waals surface area contributed by atoms with E-state index < -0.39 is 0 Å². The third-order valence-corrected chi connectivity index (χ3v) is 4.02. The molecule has 0 aliphatic rings. The van der Waals surface area contributed by atoms with Crippen molar-refractivity contribution < 1.29 is 4.79 Å². The minimum atomic E-state index is -0.0380. The van der Waals surface area contributed by atoms with Crippen LogP contribution < -0.4 is 5.32 Å². The Balaban J connectivity index is 4.83. The van der Waals surface area contributed by atoms with Crippen LogP contribution in [0.4, 0.5) is 0 Å². The van der Waals surface area contributed by atoms with Gasteiger partial charge in [0.25, 0.3) is 5.91 Å². The Morgan fingerprint density at radius 2 is 1.88 bits per heavy atom. The lowest BCUT2D eigenvalue weighted by Crippen LogP contribution is -2.33. The summed E-state index contributed by atoms with van der Waals surface area (Å²) >= 11 is 0. The van der Waals surface area contributed by atoms with Crippen LogP contribution in [0.15, 0.2) is 47.7 Å². The van der Waals surface area contributed by atoms with E-state index in [9.17, 15) is 4.79 Å². The number of carbonyl (C=O) groups excluding carboxylic acids is 1. The summed E-state index contributed by atoms with van der Waals surface area (Å²) < 4.78 is 0. The second-order valence-electron chi connectivity index (χ2n) is 6.68. The van der Waals surface area contributed by atoms with Crippen LogP contribution in [0.1, 0.15) is 60.8 Å². The molecule has 3 nitrogen and oxygen atoms in total. The number of amides is 1. The topological polar surface area (TPSA) is 32.3 Å². The van der Waals surface area contributed by atoms with E-state index in [0.717, 1.165) is 49.2 Å². The summed E-state index contributed by atoms with van der Waals surface area (Å²) in [6.07, 6.45) is 11.4. The molecule has 3 heteroatoms. The summed E-state index contributed by atoms with van der Waals surface area (Å²) in [7, 11) is 0. The van der Waals surface area contributed by atoms with Crippen molar-refractivity contribution in [3.05, 3.63) is 47.7 Å². The van der Waals surface area contributed by atoms with Crippen molar-refractivity contribution in [1.29, 1.82) is 0 Å². The predicted octanol–water partition coefficient (Wildman–Crippen LogP) is 5.23. The number of rotatable bonds is 12. The molecule has 0 aromatic heterocycles. The molecular weight excluding hydrogens is 308 g/mol. The standard InChI is InChI=1S/C22H38N2O/c1-8-12-16-24(11-4)21(10-3)20(9-2)22(25)23-17-19(7)15-13-14-18(5)6/h9-10,13,15,18H,7-8,11-12,14,16-17H2,1-6H3,(H,23,25). The van der Waals surface area contributed by atoms with Crippen molar-refractivity contribution in [1.82, 2.24) is 10.2 Å². The number of nitrogens with one attached hydrogen (secondary N) is 1. The smallest absolute Gasteiger partial charge is 0.253 e. The third-order valence-electron chi connectivity index (χ3n) is 4.02. The van der Waals surface area contributed by atoms with Crippen molar-refractivity contribution in [3.63, 3.8) is 0 Å². The average molecular weight is 347 g/mol. The van der Waals surface area contributed by atoms with Crippen molar-refractivity contribution >= 4 is 5.91 Å². The summed E-state index contributed by atoms with van der Waals surface area (Å²) in [5.41, 5.74) is 2.67. The third kappa shape index (κ3) is 9.33. The van der Waals surface area contributed by atoms with Gasteiger partial charge in [-0.3, -0.25) is 4.79 Å². The fourth-order valence-electron chi connectivity index (χ4n) is 2.56. The molecule has 0 saturated carbocycles. The lowest BCUT2D eigenvalue weighted by Gasteiger charge is -2.27. The second kappa shape index (κ2) is 13.5. The molecule has 0 radical (unpaired) electrons. The van der Waals surface area contributed by atoms with Crippen LogP contribution in [-0.2, 0) is 4.79 Å². The van der Waals surface area contributed by atoms with E-state index in [4.69, 9.17) is 0 Å². The number of unbranched alkanes of at least 4 members (excludes halogenated alkanes) is 1. The van der Waals surface area contributed by atoms with Crippen LogP contribution in [-0.4, -0.2) is 30.4 Å². The highest BCUT2D eigenvalue weighted by Gasteiger charge is 2.17. The first-order valence-electron chi connectivity index (χ1n) is 9.61. The molecule has 0 atom stereocenters. The highest BCUT2D eigenvalue weighted by Crippen LogP contribution is 2.17. The van der Waals surface area contributed by atoms with E-state index >= 15 is 0 Å². The minimum absolute atomic E-state index is 0.0380. The monoisotopic (exact) mass is 346 g/mol. The average Bonchev–Trinajstić information content (AvgIpc) is 2.58. The van der Waals surface area contributed by atoms with Gasteiger partial charge in [0, 0.05) is 25.3 Å².